The van der Waals surface area contributed by atoms with Crippen LogP contribution in [-0.4, -0.2) is 46.1 Å². The van der Waals surface area contributed by atoms with E-state index in [1.807, 2.05) is 0 Å². The summed E-state index contributed by atoms with van der Waals surface area (Å²) < 4.78 is 0. The quantitative estimate of drug-likeness (QED) is 0.0364. The first-order valence-corrected chi connectivity index (χ1v) is 26.1. The third-order valence-corrected chi connectivity index (χ3v) is 12.3. The Hall–Kier alpha value is -1.17. The molecule has 0 aliphatic rings. The van der Waals surface area contributed by atoms with Gasteiger partial charge in [-0.1, -0.05) is 250 Å². The molecule has 0 aliphatic heterocycles. The summed E-state index contributed by atoms with van der Waals surface area (Å²) in [7, 11) is 0. The normalized spacial score (nSPS) is 13.5. The second-order valence-electron chi connectivity index (χ2n) is 18.1. The molecular formula is C53H103NO4. The van der Waals surface area contributed by atoms with Gasteiger partial charge < -0.3 is 20.6 Å². The monoisotopic (exact) mass is 818 g/mol. The number of allylic oxidation sites excluding steroid dienone is 4. The van der Waals surface area contributed by atoms with Crippen molar-refractivity contribution in [2.45, 2.75) is 302 Å². The first-order chi connectivity index (χ1) is 28.6. The third kappa shape index (κ3) is 42.9. The number of aliphatic hydroxyl groups excluding tert-OH is 3. The first-order valence-electron chi connectivity index (χ1n) is 26.1. The van der Waals surface area contributed by atoms with Gasteiger partial charge in [0.25, 0.3) is 0 Å². The van der Waals surface area contributed by atoms with Crippen LogP contribution in [0.3, 0.4) is 0 Å². The highest BCUT2D eigenvalue weighted by Crippen LogP contribution is 2.17. The second kappa shape index (κ2) is 48.5. The molecule has 344 valence electrons. The van der Waals surface area contributed by atoms with Crippen LogP contribution in [0.25, 0.3) is 0 Å². The van der Waals surface area contributed by atoms with E-state index in [1.54, 1.807) is 0 Å². The minimum atomic E-state index is -1.16. The van der Waals surface area contributed by atoms with E-state index >= 15 is 0 Å². The molecule has 0 saturated heterocycles. The van der Waals surface area contributed by atoms with Crippen molar-refractivity contribution >= 4 is 5.91 Å². The lowest BCUT2D eigenvalue weighted by molar-refractivity contribution is -0.124. The van der Waals surface area contributed by atoms with Crippen molar-refractivity contribution in [2.24, 2.45) is 0 Å². The molecule has 58 heavy (non-hydrogen) atoms. The molecule has 0 rings (SSSR count). The topological polar surface area (TPSA) is 89.8 Å². The lowest BCUT2D eigenvalue weighted by Gasteiger charge is -2.26. The van der Waals surface area contributed by atoms with Crippen molar-refractivity contribution in [3.8, 4) is 0 Å². The van der Waals surface area contributed by atoms with Crippen LogP contribution < -0.4 is 5.32 Å². The van der Waals surface area contributed by atoms with E-state index in [2.05, 4.69) is 43.5 Å². The molecule has 5 heteroatoms. The zero-order chi connectivity index (χ0) is 42.3. The number of nitrogens with one attached hydrogen (secondary N) is 1. The van der Waals surface area contributed by atoms with Crippen LogP contribution in [0.4, 0.5) is 0 Å². The Labute approximate surface area is 362 Å². The molecule has 1 amide bonds. The summed E-state index contributed by atoms with van der Waals surface area (Å²) in [6.45, 7) is 4.15. The molecule has 0 aromatic rings. The average Bonchev–Trinajstić information content (AvgIpc) is 3.23. The van der Waals surface area contributed by atoms with Gasteiger partial charge in [-0.3, -0.25) is 4.79 Å². The average molecular weight is 818 g/mol. The van der Waals surface area contributed by atoms with Crippen molar-refractivity contribution < 1.29 is 20.1 Å². The summed E-state index contributed by atoms with van der Waals surface area (Å²) in [5, 5.41) is 33.5. The van der Waals surface area contributed by atoms with Crippen LogP contribution in [0.5, 0.6) is 0 Å². The smallest absolute Gasteiger partial charge is 0.220 e. The predicted molar refractivity (Wildman–Crippen MR) is 255 cm³/mol. The molecule has 0 aromatic carbocycles. The molecule has 0 fully saturated rings. The Morgan fingerprint density at radius 2 is 0.707 bits per heavy atom. The van der Waals surface area contributed by atoms with Crippen LogP contribution >= 0.6 is 0 Å². The Morgan fingerprint density at radius 3 is 1.05 bits per heavy atom. The summed E-state index contributed by atoms with van der Waals surface area (Å²) in [6.07, 6.45) is 60.6. The van der Waals surface area contributed by atoms with E-state index < -0.39 is 18.2 Å². The number of carbonyl (C=O) groups excluding carboxylic acids is 1. The molecule has 3 atom stereocenters. The second-order valence-corrected chi connectivity index (χ2v) is 18.1. The maximum absolute atomic E-state index is 12.4. The van der Waals surface area contributed by atoms with Crippen molar-refractivity contribution in [3.63, 3.8) is 0 Å². The van der Waals surface area contributed by atoms with Crippen LogP contribution in [0, 0.1) is 0 Å². The molecular weight excluding hydrogens is 715 g/mol. The number of hydrogen-bond donors (Lipinski definition) is 4. The van der Waals surface area contributed by atoms with E-state index in [4.69, 9.17) is 0 Å². The fraction of sp³-hybridized carbons (Fsp3) is 0.906. The van der Waals surface area contributed by atoms with E-state index in [9.17, 15) is 20.1 Å². The molecule has 0 bridgehead atoms. The summed E-state index contributed by atoms with van der Waals surface area (Å²) in [4.78, 5) is 12.4. The number of hydrogen-bond acceptors (Lipinski definition) is 4. The van der Waals surface area contributed by atoms with E-state index in [0.29, 0.717) is 12.8 Å². The van der Waals surface area contributed by atoms with Gasteiger partial charge in [0.2, 0.25) is 5.91 Å². The maximum Gasteiger partial charge on any atom is 0.220 e. The number of carbonyl (C=O) groups is 1. The summed E-state index contributed by atoms with van der Waals surface area (Å²) >= 11 is 0. The SMILES string of the molecule is CCCCC/C=C/CC/C=C/CCCC(O)C(O)C(CO)NC(=O)CCCCCCCCCCCCCCCCCCCCCCCCCCCCCCCCCC. The highest BCUT2D eigenvalue weighted by molar-refractivity contribution is 5.76. The van der Waals surface area contributed by atoms with Crippen molar-refractivity contribution in [1.82, 2.24) is 5.32 Å². The highest BCUT2D eigenvalue weighted by Gasteiger charge is 2.26. The molecule has 0 aromatic heterocycles. The summed E-state index contributed by atoms with van der Waals surface area (Å²) in [6, 6.07) is -0.828. The number of aliphatic hydroxyl groups is 3. The zero-order valence-corrected chi connectivity index (χ0v) is 39.2. The van der Waals surface area contributed by atoms with Crippen molar-refractivity contribution in [1.29, 1.82) is 0 Å². The van der Waals surface area contributed by atoms with Crippen LogP contribution in [0.15, 0.2) is 24.3 Å². The Kier molecular flexibility index (Phi) is 47.5. The van der Waals surface area contributed by atoms with Gasteiger partial charge >= 0.3 is 0 Å². The van der Waals surface area contributed by atoms with E-state index in [-0.39, 0.29) is 12.5 Å². The van der Waals surface area contributed by atoms with Crippen molar-refractivity contribution in [3.05, 3.63) is 24.3 Å². The number of unbranched alkanes of at least 4 members (excludes halogenated alkanes) is 36. The Balaban J connectivity index is 3.46. The zero-order valence-electron chi connectivity index (χ0n) is 39.2. The first kappa shape index (κ1) is 56.8. The van der Waals surface area contributed by atoms with Gasteiger partial charge in [-0.25, -0.2) is 0 Å². The fourth-order valence-electron chi connectivity index (χ4n) is 8.24. The molecule has 0 aliphatic carbocycles. The number of rotatable bonds is 48. The lowest BCUT2D eigenvalue weighted by atomic mass is 10.0. The largest absolute Gasteiger partial charge is 0.394 e. The fourth-order valence-corrected chi connectivity index (χ4v) is 8.24. The van der Waals surface area contributed by atoms with Crippen LogP contribution in [-0.2, 0) is 4.79 Å². The molecule has 4 N–H and O–H groups in total. The van der Waals surface area contributed by atoms with E-state index in [0.717, 1.165) is 44.9 Å². The molecule has 3 unspecified atom stereocenters. The summed E-state index contributed by atoms with van der Waals surface area (Å²) in [5.41, 5.74) is 0. The maximum atomic E-state index is 12.4. The van der Waals surface area contributed by atoms with Crippen LogP contribution in [0.2, 0.25) is 0 Å². The highest BCUT2D eigenvalue weighted by atomic mass is 16.3. The van der Waals surface area contributed by atoms with Gasteiger partial charge in [0.15, 0.2) is 0 Å². The third-order valence-electron chi connectivity index (χ3n) is 12.3. The molecule has 0 saturated carbocycles. The minimum absolute atomic E-state index is 0.154. The van der Waals surface area contributed by atoms with Crippen LogP contribution in [0.1, 0.15) is 284 Å². The van der Waals surface area contributed by atoms with Gasteiger partial charge in [-0.15, -0.1) is 0 Å². The van der Waals surface area contributed by atoms with Gasteiger partial charge in [-0.05, 0) is 51.4 Å². The summed E-state index contributed by atoms with van der Waals surface area (Å²) in [5.74, 6) is -0.154. The van der Waals surface area contributed by atoms with Gasteiger partial charge in [0, 0.05) is 6.42 Å². The van der Waals surface area contributed by atoms with Gasteiger partial charge in [0.1, 0.15) is 6.10 Å². The standard InChI is InChI=1S/C53H103NO4/c1-3-5-7-9-11-13-15-17-18-19-20-21-22-23-24-25-26-27-28-29-30-31-32-33-34-35-36-38-40-42-44-46-48-52(57)54-50(49-55)53(58)51(56)47-45-43-41-39-37-16-14-12-10-8-6-4-2/h12,14,39,41,50-51,53,55-56,58H,3-11,13,15-38,40,42-49H2,1-2H3,(H,54,57)/b14-12+,41-39+. The molecule has 0 radical (unpaired) electrons. The molecule has 0 heterocycles. The molecule has 0 spiro atoms. The Morgan fingerprint density at radius 1 is 0.414 bits per heavy atom. The van der Waals surface area contributed by atoms with E-state index in [1.165, 1.54) is 212 Å². The number of amides is 1. The minimum Gasteiger partial charge on any atom is -0.394 e. The predicted octanol–water partition coefficient (Wildman–Crippen LogP) is 15.7. The lowest BCUT2D eigenvalue weighted by Crippen LogP contribution is -2.50. The van der Waals surface area contributed by atoms with Crippen molar-refractivity contribution in [2.75, 3.05) is 6.61 Å². The molecule has 5 nitrogen and oxygen atoms in total. The van der Waals surface area contributed by atoms with Gasteiger partial charge in [-0.2, -0.15) is 0 Å². The Bertz CT molecular complexity index is 859. The van der Waals surface area contributed by atoms with Gasteiger partial charge in [0.05, 0.1) is 18.8 Å².